The van der Waals surface area contributed by atoms with E-state index >= 15 is 0 Å². The Morgan fingerprint density at radius 3 is 2.14 bits per heavy atom. The van der Waals surface area contributed by atoms with Crippen LogP contribution in [-0.4, -0.2) is 28.4 Å². The van der Waals surface area contributed by atoms with Crippen LogP contribution in [-0.2, 0) is 10.0 Å². The van der Waals surface area contributed by atoms with Crippen molar-refractivity contribution in [3.63, 3.8) is 0 Å². The molecule has 0 atom stereocenters. The Labute approximate surface area is 212 Å². The fourth-order valence-electron chi connectivity index (χ4n) is 3.54. The molecule has 0 aliphatic carbocycles. The molecule has 1 N–H and O–H groups in total. The third-order valence-electron chi connectivity index (χ3n) is 5.29. The van der Waals surface area contributed by atoms with E-state index in [9.17, 15) is 8.42 Å². The lowest BCUT2D eigenvalue weighted by Crippen LogP contribution is -2.12. The van der Waals surface area contributed by atoms with Crippen LogP contribution in [0.4, 0.5) is 16.5 Å². The maximum absolute atomic E-state index is 12.6. The maximum Gasteiger partial charge on any atom is 0.263 e. The predicted octanol–water partition coefficient (Wildman–Crippen LogP) is 6.22. The van der Waals surface area contributed by atoms with E-state index in [0.717, 1.165) is 16.9 Å². The molecule has 0 spiro atoms. The molecule has 0 saturated heterocycles. The molecule has 0 radical (unpaired) electrons. The summed E-state index contributed by atoms with van der Waals surface area (Å²) in [7, 11) is -3.79. The van der Waals surface area contributed by atoms with Gasteiger partial charge in [0, 0.05) is 5.56 Å². The zero-order valence-electron chi connectivity index (χ0n) is 19.4. The Morgan fingerprint density at radius 2 is 1.50 bits per heavy atom. The summed E-state index contributed by atoms with van der Waals surface area (Å²) in [5.74, 6) is 0. The highest BCUT2D eigenvalue weighted by atomic mass is 32.2. The van der Waals surface area contributed by atoms with E-state index in [0.29, 0.717) is 22.1 Å². The molecule has 3 aromatic carbocycles. The molecular weight excluding hydrogens is 494 g/mol. The zero-order valence-corrected chi connectivity index (χ0v) is 21.0. The molecule has 0 aliphatic rings. The second-order valence-electron chi connectivity index (χ2n) is 7.82. The Balaban J connectivity index is 1.45. The Kier molecular flexibility index (Phi) is 6.40. The summed E-state index contributed by atoms with van der Waals surface area (Å²) < 4.78 is 29.6. The first-order valence-electron chi connectivity index (χ1n) is 11.0. The van der Waals surface area contributed by atoms with Crippen LogP contribution in [0.5, 0.6) is 0 Å². The van der Waals surface area contributed by atoms with Crippen molar-refractivity contribution in [1.82, 2.24) is 20.0 Å². The van der Waals surface area contributed by atoms with Crippen LogP contribution in [0, 0.1) is 13.8 Å². The van der Waals surface area contributed by atoms with E-state index in [2.05, 4.69) is 25.1 Å². The second-order valence-corrected chi connectivity index (χ2v) is 10.7. The molecule has 36 heavy (non-hydrogen) atoms. The van der Waals surface area contributed by atoms with Gasteiger partial charge in [-0.3, -0.25) is 4.72 Å². The number of aromatic nitrogens is 4. The van der Waals surface area contributed by atoms with Gasteiger partial charge in [-0.2, -0.15) is 10.2 Å². The van der Waals surface area contributed by atoms with E-state index < -0.39 is 10.0 Å². The summed E-state index contributed by atoms with van der Waals surface area (Å²) in [4.78, 5) is 0.0901. The first-order chi connectivity index (χ1) is 17.4. The first-order valence-corrected chi connectivity index (χ1v) is 13.3. The van der Waals surface area contributed by atoms with Gasteiger partial charge in [0.25, 0.3) is 10.0 Å². The molecule has 0 unspecified atom stereocenters. The second kappa shape index (κ2) is 9.80. The summed E-state index contributed by atoms with van der Waals surface area (Å²) in [5, 5.41) is 22.2. The van der Waals surface area contributed by atoms with Crippen molar-refractivity contribution in [2.24, 2.45) is 10.2 Å². The quantitative estimate of drug-likeness (QED) is 0.258. The van der Waals surface area contributed by atoms with E-state index in [4.69, 9.17) is 5.10 Å². The Morgan fingerprint density at radius 1 is 0.833 bits per heavy atom. The first kappa shape index (κ1) is 23.5. The van der Waals surface area contributed by atoms with Crippen LogP contribution in [0.3, 0.4) is 0 Å². The monoisotopic (exact) mass is 515 g/mol. The van der Waals surface area contributed by atoms with Crippen LogP contribution in [0.2, 0.25) is 0 Å². The number of nitrogens with zero attached hydrogens (tertiary/aromatic N) is 6. The third-order valence-corrected chi connectivity index (χ3v) is 7.53. The highest BCUT2D eigenvalue weighted by molar-refractivity contribution is 7.93. The highest BCUT2D eigenvalue weighted by Gasteiger charge is 2.18. The van der Waals surface area contributed by atoms with Crippen LogP contribution >= 0.6 is 11.3 Å². The molecule has 0 saturated carbocycles. The molecule has 9 nitrogen and oxygen atoms in total. The van der Waals surface area contributed by atoms with E-state index in [-0.39, 0.29) is 10.0 Å². The number of rotatable bonds is 7. The van der Waals surface area contributed by atoms with Gasteiger partial charge in [-0.1, -0.05) is 59.9 Å². The van der Waals surface area contributed by atoms with Gasteiger partial charge in [-0.05, 0) is 50.2 Å². The number of para-hydroxylation sites is 1. The predicted molar refractivity (Wildman–Crippen MR) is 140 cm³/mol. The van der Waals surface area contributed by atoms with E-state index in [1.807, 2.05) is 72.3 Å². The highest BCUT2D eigenvalue weighted by Crippen LogP contribution is 2.35. The topological polar surface area (TPSA) is 114 Å². The van der Waals surface area contributed by atoms with E-state index in [1.165, 1.54) is 23.5 Å². The van der Waals surface area contributed by atoms with Gasteiger partial charge in [0.05, 0.1) is 22.0 Å². The normalized spacial score (nSPS) is 11.7. The van der Waals surface area contributed by atoms with Gasteiger partial charge >= 0.3 is 0 Å². The minimum atomic E-state index is -3.79. The number of benzene rings is 3. The van der Waals surface area contributed by atoms with Crippen LogP contribution in [0.25, 0.3) is 16.9 Å². The minimum absolute atomic E-state index is 0.0901. The molecule has 2 aromatic heterocycles. The molecule has 5 rings (SSSR count). The number of nitrogens with one attached hydrogen (secondary N) is 1. The molecule has 11 heteroatoms. The number of sulfonamides is 1. The van der Waals surface area contributed by atoms with Crippen molar-refractivity contribution in [1.29, 1.82) is 0 Å². The van der Waals surface area contributed by atoms with Gasteiger partial charge in [-0.25, -0.2) is 13.1 Å². The van der Waals surface area contributed by atoms with Crippen molar-refractivity contribution in [3.05, 3.63) is 95.6 Å². The number of hydrogen-bond acceptors (Lipinski definition) is 8. The summed E-state index contributed by atoms with van der Waals surface area (Å²) in [6.07, 6.45) is 0. The number of aryl methyl sites for hydroxylation is 1. The lowest BCUT2D eigenvalue weighted by atomic mass is 10.1. The summed E-state index contributed by atoms with van der Waals surface area (Å²) in [6, 6.07) is 25.8. The fourth-order valence-corrected chi connectivity index (χ4v) is 5.36. The minimum Gasteiger partial charge on any atom is -0.253 e. The Bertz CT molecular complexity index is 1630. The lowest BCUT2D eigenvalue weighted by Gasteiger charge is -2.04. The van der Waals surface area contributed by atoms with Crippen LogP contribution in [0.15, 0.2) is 100 Å². The molecule has 0 aliphatic heterocycles. The van der Waals surface area contributed by atoms with E-state index in [1.54, 1.807) is 19.1 Å². The van der Waals surface area contributed by atoms with Crippen molar-refractivity contribution in [2.75, 3.05) is 4.72 Å². The summed E-state index contributed by atoms with van der Waals surface area (Å²) in [5.41, 5.74) is 4.52. The Hall–Kier alpha value is -4.22. The number of anilines is 1. The van der Waals surface area contributed by atoms with Crippen molar-refractivity contribution in [2.45, 2.75) is 18.7 Å². The van der Waals surface area contributed by atoms with Crippen molar-refractivity contribution < 1.29 is 8.42 Å². The SMILES string of the molecule is Cc1nnc(NS(=O)(=O)c2ccc(N=Nc3c(-c4ccccc4)nn(-c4ccccc4)c3C)cc2)s1. The van der Waals surface area contributed by atoms with Crippen molar-refractivity contribution >= 4 is 37.9 Å². The summed E-state index contributed by atoms with van der Waals surface area (Å²) >= 11 is 1.17. The number of hydrogen-bond donors (Lipinski definition) is 1. The molecule has 0 amide bonds. The van der Waals surface area contributed by atoms with Gasteiger partial charge in [-0.15, -0.1) is 15.3 Å². The largest absolute Gasteiger partial charge is 0.263 e. The summed E-state index contributed by atoms with van der Waals surface area (Å²) in [6.45, 7) is 3.70. The maximum atomic E-state index is 12.6. The molecule has 180 valence electrons. The smallest absolute Gasteiger partial charge is 0.253 e. The van der Waals surface area contributed by atoms with Crippen LogP contribution < -0.4 is 4.72 Å². The van der Waals surface area contributed by atoms with Gasteiger partial charge in [0.1, 0.15) is 16.4 Å². The van der Waals surface area contributed by atoms with Gasteiger partial charge in [0.2, 0.25) is 5.13 Å². The fraction of sp³-hybridized carbons (Fsp3) is 0.0800. The third kappa shape index (κ3) is 4.92. The van der Waals surface area contributed by atoms with Crippen molar-refractivity contribution in [3.8, 4) is 16.9 Å². The molecule has 2 heterocycles. The number of azo groups is 1. The zero-order chi connectivity index (χ0) is 25.1. The van der Waals surface area contributed by atoms with Gasteiger partial charge in [0.15, 0.2) is 0 Å². The molecule has 0 bridgehead atoms. The standard InChI is InChI=1S/C25H21N7O2S2/c1-17-23(24(19-9-5-3-6-10-19)30-32(17)21-11-7-4-8-12-21)28-27-20-13-15-22(16-14-20)36(33,34)31-25-29-26-18(2)35-25/h3-16H,1-2H3,(H,29,31). The molecular formula is C25H21N7O2S2. The average molecular weight is 516 g/mol. The molecule has 5 aromatic rings. The van der Waals surface area contributed by atoms with Crippen LogP contribution in [0.1, 0.15) is 10.7 Å². The lowest BCUT2D eigenvalue weighted by molar-refractivity contribution is 0.601. The molecule has 0 fully saturated rings. The average Bonchev–Trinajstić information content (AvgIpc) is 3.45. The van der Waals surface area contributed by atoms with Gasteiger partial charge < -0.3 is 0 Å².